The zero-order valence-electron chi connectivity index (χ0n) is 29.8. The third-order valence-corrected chi connectivity index (χ3v) is 11.1. The van der Waals surface area contributed by atoms with E-state index in [9.17, 15) is 0 Å². The molecule has 0 heterocycles. The van der Waals surface area contributed by atoms with E-state index < -0.39 is 0 Å². The molecule has 1 atom stereocenters. The number of rotatable bonds is 7. The van der Waals surface area contributed by atoms with E-state index in [0.29, 0.717) is 0 Å². The van der Waals surface area contributed by atoms with Crippen LogP contribution in [0, 0.1) is 0 Å². The first-order chi connectivity index (χ1) is 26.7. The van der Waals surface area contributed by atoms with Gasteiger partial charge in [-0.1, -0.05) is 182 Å². The molecule has 0 amide bonds. The van der Waals surface area contributed by atoms with Crippen LogP contribution in [-0.2, 0) is 6.42 Å². The van der Waals surface area contributed by atoms with Crippen molar-refractivity contribution in [2.75, 3.05) is 0 Å². The van der Waals surface area contributed by atoms with Gasteiger partial charge in [0.2, 0.25) is 0 Å². The summed E-state index contributed by atoms with van der Waals surface area (Å²) in [5, 5.41) is 18.9. The van der Waals surface area contributed by atoms with Crippen molar-refractivity contribution < 1.29 is 0 Å². The van der Waals surface area contributed by atoms with E-state index in [4.69, 9.17) is 5.73 Å². The third-order valence-electron chi connectivity index (χ3n) is 11.1. The Morgan fingerprint density at radius 3 is 1.63 bits per heavy atom. The second kappa shape index (κ2) is 13.3. The van der Waals surface area contributed by atoms with Gasteiger partial charge in [0.05, 0.1) is 0 Å². The molecule has 0 saturated carbocycles. The highest BCUT2D eigenvalue weighted by Gasteiger charge is 2.15. The molecule has 0 aliphatic carbocycles. The van der Waals surface area contributed by atoms with Crippen LogP contribution in [0.1, 0.15) is 22.9 Å². The van der Waals surface area contributed by atoms with Gasteiger partial charge in [0.1, 0.15) is 6.17 Å². The molecule has 10 rings (SSSR count). The maximum Gasteiger partial charge on any atom is 0.101 e. The maximum absolute atomic E-state index is 6.88. The molecule has 10 aromatic carbocycles. The maximum atomic E-state index is 6.88. The number of allylic oxidation sites excluding steroid dienone is 1. The van der Waals surface area contributed by atoms with E-state index in [2.05, 4.69) is 181 Å². The second-order valence-corrected chi connectivity index (χ2v) is 14.2. The fraction of sp³-hybridized carbons (Fsp3) is 0.0385. The molecule has 2 nitrogen and oxygen atoms in total. The molecule has 0 radical (unpaired) electrons. The average Bonchev–Trinajstić information content (AvgIpc) is 3.24. The van der Waals surface area contributed by atoms with Crippen molar-refractivity contribution in [1.82, 2.24) is 5.32 Å². The number of hydrogen-bond donors (Lipinski definition) is 2. The molecule has 0 spiro atoms. The van der Waals surface area contributed by atoms with Crippen LogP contribution in [0.3, 0.4) is 0 Å². The zero-order chi connectivity index (χ0) is 36.0. The van der Waals surface area contributed by atoms with Gasteiger partial charge in [-0.25, -0.2) is 0 Å². The Balaban J connectivity index is 1.12. The predicted octanol–water partition coefficient (Wildman–Crippen LogP) is 13.1. The summed E-state index contributed by atoms with van der Waals surface area (Å²) in [5.41, 5.74) is 13.8. The lowest BCUT2D eigenvalue weighted by Gasteiger charge is -2.20. The van der Waals surface area contributed by atoms with E-state index in [-0.39, 0.29) is 6.17 Å². The average molecular weight is 691 g/mol. The minimum Gasteiger partial charge on any atom is -0.366 e. The van der Waals surface area contributed by atoms with Crippen molar-refractivity contribution in [3.05, 3.63) is 211 Å². The van der Waals surface area contributed by atoms with Crippen LogP contribution in [0.15, 0.2) is 194 Å². The number of benzene rings is 10. The van der Waals surface area contributed by atoms with Gasteiger partial charge in [-0.3, -0.25) is 0 Å². The first-order valence-corrected chi connectivity index (χ1v) is 18.7. The van der Waals surface area contributed by atoms with Crippen LogP contribution in [0.25, 0.3) is 81.5 Å². The molecule has 256 valence electrons. The lowest BCUT2D eigenvalue weighted by Crippen LogP contribution is -2.27. The minimum absolute atomic E-state index is 0.374. The summed E-state index contributed by atoms with van der Waals surface area (Å²) in [4.78, 5) is 0. The highest BCUT2D eigenvalue weighted by atomic mass is 15.0. The molecule has 0 aliphatic rings. The number of fused-ring (bicyclic) bond motifs is 8. The van der Waals surface area contributed by atoms with Crippen molar-refractivity contribution in [3.63, 3.8) is 0 Å². The van der Waals surface area contributed by atoms with Crippen molar-refractivity contribution >= 4 is 70.3 Å². The normalized spacial score (nSPS) is 12.6. The molecule has 3 N–H and O–H groups in total. The highest BCUT2D eigenvalue weighted by Crippen LogP contribution is 2.40. The minimum atomic E-state index is -0.374. The zero-order valence-corrected chi connectivity index (χ0v) is 29.8. The van der Waals surface area contributed by atoms with E-state index in [1.807, 2.05) is 18.2 Å². The van der Waals surface area contributed by atoms with Gasteiger partial charge in [0.15, 0.2) is 0 Å². The van der Waals surface area contributed by atoms with Crippen LogP contribution in [0.4, 0.5) is 0 Å². The summed E-state index contributed by atoms with van der Waals surface area (Å²) in [6.45, 7) is 0. The number of nitrogens with two attached hydrogens (primary N) is 1. The molecule has 10 aromatic rings. The van der Waals surface area contributed by atoms with Crippen LogP contribution in [0.5, 0.6) is 0 Å². The molecule has 2 heteroatoms. The molecule has 0 bridgehead atoms. The monoisotopic (exact) mass is 690 g/mol. The molecule has 54 heavy (non-hydrogen) atoms. The molecule has 0 aromatic heterocycles. The van der Waals surface area contributed by atoms with E-state index in [1.54, 1.807) is 0 Å². The quantitative estimate of drug-likeness (QED) is 0.0992. The Hall–Kier alpha value is -6.74. The fourth-order valence-electron chi connectivity index (χ4n) is 8.46. The summed E-state index contributed by atoms with van der Waals surface area (Å²) in [5.74, 6) is 0. The van der Waals surface area contributed by atoms with Crippen molar-refractivity contribution in [2.24, 2.45) is 5.73 Å². The first kappa shape index (κ1) is 32.0. The third kappa shape index (κ3) is 5.56. The van der Waals surface area contributed by atoms with Crippen molar-refractivity contribution in [1.29, 1.82) is 0 Å². The Kier molecular flexibility index (Phi) is 7.90. The van der Waals surface area contributed by atoms with E-state index >= 15 is 0 Å². The van der Waals surface area contributed by atoms with E-state index in [0.717, 1.165) is 23.2 Å². The van der Waals surface area contributed by atoms with Crippen LogP contribution >= 0.6 is 0 Å². The highest BCUT2D eigenvalue weighted by molar-refractivity contribution is 6.20. The Morgan fingerprint density at radius 2 is 0.963 bits per heavy atom. The molecule has 0 fully saturated rings. The predicted molar refractivity (Wildman–Crippen MR) is 232 cm³/mol. The Morgan fingerprint density at radius 1 is 0.444 bits per heavy atom. The van der Waals surface area contributed by atoms with Crippen molar-refractivity contribution in [3.8, 4) is 11.1 Å². The molecule has 1 unspecified atom stereocenters. The summed E-state index contributed by atoms with van der Waals surface area (Å²) < 4.78 is 0. The summed E-state index contributed by atoms with van der Waals surface area (Å²) >= 11 is 0. The smallest absolute Gasteiger partial charge is 0.101 e. The largest absolute Gasteiger partial charge is 0.366 e. The lowest BCUT2D eigenvalue weighted by molar-refractivity contribution is 0.666. The van der Waals surface area contributed by atoms with Gasteiger partial charge in [-0.2, -0.15) is 0 Å². The number of nitrogens with one attached hydrogen (secondary N) is 1. The van der Waals surface area contributed by atoms with Crippen LogP contribution in [0.2, 0.25) is 0 Å². The van der Waals surface area contributed by atoms with Crippen molar-refractivity contribution in [2.45, 2.75) is 12.6 Å². The molecule has 0 aliphatic heterocycles. The van der Waals surface area contributed by atoms with E-state index in [1.165, 1.54) is 81.3 Å². The topological polar surface area (TPSA) is 38.0 Å². The van der Waals surface area contributed by atoms with Gasteiger partial charge in [0.25, 0.3) is 0 Å². The van der Waals surface area contributed by atoms with Gasteiger partial charge >= 0.3 is 0 Å². The van der Waals surface area contributed by atoms with Gasteiger partial charge in [-0.05, 0) is 111 Å². The SMILES string of the molecule is NC(N/C(=C\Cc1c2ccccc2cc2c1ccc1ccccc12)c1ccc(-c2c3ccccc3cc3c2ccc2ccccc23)cc1)c1ccccc1. The molecular formula is C52H38N2. The summed E-state index contributed by atoms with van der Waals surface area (Å²) in [6.07, 6.45) is 2.69. The van der Waals surface area contributed by atoms with Gasteiger partial charge in [0, 0.05) is 5.70 Å². The fourth-order valence-corrected chi connectivity index (χ4v) is 8.46. The number of hydrogen-bond acceptors (Lipinski definition) is 2. The summed E-state index contributed by atoms with van der Waals surface area (Å²) in [7, 11) is 0. The standard InChI is InChI=1S/C52H38N2/c53-52(38-14-2-1-3-15-38)54-50(31-30-45-43-20-10-6-16-39(43)32-48-41-18-8-4-12-34(41)26-28-46(45)48)36-22-24-37(25-23-36)51-44-21-11-7-17-40(44)33-49-42-19-9-5-13-35(42)27-29-47(49)51/h1-29,31-33,52,54H,30,53H2/b50-31-. The van der Waals surface area contributed by atoms with Crippen LogP contribution in [-0.4, -0.2) is 0 Å². The van der Waals surface area contributed by atoms with Crippen LogP contribution < -0.4 is 11.1 Å². The van der Waals surface area contributed by atoms with Gasteiger partial charge < -0.3 is 11.1 Å². The molecule has 0 saturated heterocycles. The lowest BCUT2D eigenvalue weighted by atomic mass is 9.89. The Bertz CT molecular complexity index is 3050. The Labute approximate surface area is 314 Å². The summed E-state index contributed by atoms with van der Waals surface area (Å²) in [6, 6.07) is 68.0. The molecular weight excluding hydrogens is 653 g/mol. The van der Waals surface area contributed by atoms with Gasteiger partial charge in [-0.15, -0.1) is 0 Å². The first-order valence-electron chi connectivity index (χ1n) is 18.7. The second-order valence-electron chi connectivity index (χ2n) is 14.2.